The van der Waals surface area contributed by atoms with Gasteiger partial charge in [-0.3, -0.25) is 4.72 Å². The van der Waals surface area contributed by atoms with Crippen molar-refractivity contribution in [2.24, 2.45) is 0 Å². The molecule has 1 saturated heterocycles. The van der Waals surface area contributed by atoms with Crippen LogP contribution in [0.3, 0.4) is 0 Å². The van der Waals surface area contributed by atoms with Crippen LogP contribution >= 0.6 is 0 Å². The number of hydrogen-bond donors (Lipinski definition) is 2. The quantitative estimate of drug-likeness (QED) is 0.562. The summed E-state index contributed by atoms with van der Waals surface area (Å²) in [7, 11) is -3.68. The molecule has 9 heteroatoms. The van der Waals surface area contributed by atoms with E-state index in [-0.39, 0.29) is 4.90 Å². The molecule has 172 valence electrons. The average Bonchev–Trinajstić information content (AvgIpc) is 3.28. The van der Waals surface area contributed by atoms with Gasteiger partial charge in [0.15, 0.2) is 0 Å². The lowest BCUT2D eigenvalue weighted by atomic mass is 10.1. The van der Waals surface area contributed by atoms with E-state index in [4.69, 9.17) is 4.74 Å². The number of anilines is 4. The molecule has 0 saturated carbocycles. The van der Waals surface area contributed by atoms with Gasteiger partial charge >= 0.3 is 0 Å². The monoisotopic (exact) mass is 465 g/mol. The number of rotatable bonds is 6. The van der Waals surface area contributed by atoms with Crippen LogP contribution in [0.2, 0.25) is 0 Å². The second kappa shape index (κ2) is 8.90. The Hall–Kier alpha value is -3.33. The summed E-state index contributed by atoms with van der Waals surface area (Å²) in [6.07, 6.45) is 4.30. The molecule has 2 N–H and O–H groups in total. The van der Waals surface area contributed by atoms with Gasteiger partial charge in [0.1, 0.15) is 11.6 Å². The van der Waals surface area contributed by atoms with E-state index in [1.54, 1.807) is 30.3 Å². The van der Waals surface area contributed by atoms with Crippen LogP contribution in [-0.4, -0.2) is 38.1 Å². The Balaban J connectivity index is 1.28. The molecule has 0 spiro atoms. The normalized spacial score (nSPS) is 15.6. The van der Waals surface area contributed by atoms with E-state index < -0.39 is 10.0 Å². The van der Waals surface area contributed by atoms with Crippen molar-refractivity contribution >= 4 is 33.2 Å². The number of nitrogens with zero attached hydrogens (tertiary/aromatic N) is 3. The Morgan fingerprint density at radius 1 is 0.939 bits per heavy atom. The van der Waals surface area contributed by atoms with Gasteiger partial charge in [0.05, 0.1) is 11.5 Å². The lowest BCUT2D eigenvalue weighted by Crippen LogP contribution is -2.31. The first-order valence-electron chi connectivity index (χ1n) is 11.2. The summed E-state index contributed by atoms with van der Waals surface area (Å²) in [6.45, 7) is 4.51. The van der Waals surface area contributed by atoms with Crippen LogP contribution in [0.5, 0.6) is 5.75 Å². The first-order valence-corrected chi connectivity index (χ1v) is 12.7. The third-order valence-electron chi connectivity index (χ3n) is 5.86. The molecule has 8 nitrogen and oxygen atoms in total. The third kappa shape index (κ3) is 4.88. The van der Waals surface area contributed by atoms with Crippen molar-refractivity contribution in [3.63, 3.8) is 0 Å². The number of aromatic nitrogens is 2. The zero-order valence-corrected chi connectivity index (χ0v) is 19.4. The van der Waals surface area contributed by atoms with E-state index >= 15 is 0 Å². The lowest BCUT2D eigenvalue weighted by Gasteiger charge is -2.27. The standard InChI is InChI=1S/C24H27N5O3S/c1-17-15-23(27-24(25-17)29-12-3-2-4-13-29)26-19-5-7-20(8-6-19)28-33(30,31)21-9-10-22-18(16-21)11-14-32-22/h5-10,15-16,28H,2-4,11-14H2,1H3,(H,25,26,27). The molecule has 33 heavy (non-hydrogen) atoms. The molecule has 0 amide bonds. The minimum atomic E-state index is -3.68. The van der Waals surface area contributed by atoms with Crippen LogP contribution in [0.25, 0.3) is 0 Å². The highest BCUT2D eigenvalue weighted by Gasteiger charge is 2.19. The van der Waals surface area contributed by atoms with Gasteiger partial charge in [-0.2, -0.15) is 4.98 Å². The molecule has 3 heterocycles. The summed E-state index contributed by atoms with van der Waals surface area (Å²) in [5.41, 5.74) is 3.12. The van der Waals surface area contributed by atoms with Gasteiger partial charge in [-0.1, -0.05) is 0 Å². The summed E-state index contributed by atoms with van der Waals surface area (Å²) >= 11 is 0. The molecule has 0 aliphatic carbocycles. The molecule has 0 unspecified atom stereocenters. The van der Waals surface area contributed by atoms with Gasteiger partial charge in [0.2, 0.25) is 5.95 Å². The first-order chi connectivity index (χ1) is 16.0. The number of sulfonamides is 1. The highest BCUT2D eigenvalue weighted by molar-refractivity contribution is 7.92. The van der Waals surface area contributed by atoms with E-state index in [1.165, 1.54) is 6.42 Å². The summed E-state index contributed by atoms with van der Waals surface area (Å²) in [5.74, 6) is 2.23. The largest absolute Gasteiger partial charge is 0.493 e. The number of aryl methyl sites for hydroxylation is 1. The van der Waals surface area contributed by atoms with Gasteiger partial charge in [0, 0.05) is 42.6 Å². The number of fused-ring (bicyclic) bond motifs is 1. The fourth-order valence-corrected chi connectivity index (χ4v) is 5.27. The molecule has 2 aliphatic rings. The van der Waals surface area contributed by atoms with Crippen molar-refractivity contribution in [2.75, 3.05) is 34.6 Å². The van der Waals surface area contributed by atoms with Crippen LogP contribution in [0.15, 0.2) is 53.4 Å². The second-order valence-electron chi connectivity index (χ2n) is 8.42. The molecule has 0 bridgehead atoms. The second-order valence-corrected chi connectivity index (χ2v) is 10.1. The van der Waals surface area contributed by atoms with Crippen LogP contribution < -0.4 is 19.7 Å². The zero-order chi connectivity index (χ0) is 22.8. The number of ether oxygens (including phenoxy) is 1. The molecule has 1 fully saturated rings. The van der Waals surface area contributed by atoms with Crippen molar-refractivity contribution in [1.82, 2.24) is 9.97 Å². The fourth-order valence-electron chi connectivity index (χ4n) is 4.17. The Morgan fingerprint density at radius 3 is 2.48 bits per heavy atom. The Labute approximate surface area is 194 Å². The highest BCUT2D eigenvalue weighted by Crippen LogP contribution is 2.29. The zero-order valence-electron chi connectivity index (χ0n) is 18.5. The van der Waals surface area contributed by atoms with Crippen LogP contribution in [0, 0.1) is 6.92 Å². The molecule has 1 aromatic heterocycles. The smallest absolute Gasteiger partial charge is 0.261 e. The number of benzene rings is 2. The van der Waals surface area contributed by atoms with Crippen molar-refractivity contribution in [3.8, 4) is 5.75 Å². The first kappa shape index (κ1) is 21.5. The summed E-state index contributed by atoms with van der Waals surface area (Å²) < 4.78 is 33.7. The number of nitrogens with one attached hydrogen (secondary N) is 2. The number of piperidine rings is 1. The predicted molar refractivity (Wildman–Crippen MR) is 129 cm³/mol. The average molecular weight is 466 g/mol. The molecular formula is C24H27N5O3S. The summed E-state index contributed by atoms with van der Waals surface area (Å²) in [6, 6.07) is 14.0. The predicted octanol–water partition coefficient (Wildman–Crippen LogP) is 4.25. The molecule has 0 atom stereocenters. The van der Waals surface area contributed by atoms with E-state index in [0.29, 0.717) is 12.3 Å². The topological polar surface area (TPSA) is 96.4 Å². The van der Waals surface area contributed by atoms with Gasteiger partial charge in [0.25, 0.3) is 10.0 Å². The maximum Gasteiger partial charge on any atom is 0.261 e. The minimum Gasteiger partial charge on any atom is -0.493 e. The highest BCUT2D eigenvalue weighted by atomic mass is 32.2. The Kier molecular flexibility index (Phi) is 5.80. The van der Waals surface area contributed by atoms with Crippen molar-refractivity contribution in [3.05, 3.63) is 59.8 Å². The van der Waals surface area contributed by atoms with E-state index in [0.717, 1.165) is 66.8 Å². The number of hydrogen-bond acceptors (Lipinski definition) is 7. The molecular weight excluding hydrogens is 438 g/mol. The van der Waals surface area contributed by atoms with Crippen LogP contribution in [0.4, 0.5) is 23.1 Å². The molecule has 2 aliphatic heterocycles. The fraction of sp³-hybridized carbons (Fsp3) is 0.333. The minimum absolute atomic E-state index is 0.232. The molecule has 3 aromatic rings. The summed E-state index contributed by atoms with van der Waals surface area (Å²) in [5, 5.41) is 3.31. The third-order valence-corrected chi connectivity index (χ3v) is 7.24. The van der Waals surface area contributed by atoms with Crippen LogP contribution in [-0.2, 0) is 16.4 Å². The molecule has 5 rings (SSSR count). The Bertz CT molecular complexity index is 1260. The van der Waals surface area contributed by atoms with E-state index in [9.17, 15) is 8.42 Å². The summed E-state index contributed by atoms with van der Waals surface area (Å²) in [4.78, 5) is 11.7. The lowest BCUT2D eigenvalue weighted by molar-refractivity contribution is 0.356. The molecule has 0 radical (unpaired) electrons. The maximum atomic E-state index is 12.8. The molecule has 2 aromatic carbocycles. The van der Waals surface area contributed by atoms with Crippen molar-refractivity contribution < 1.29 is 13.2 Å². The van der Waals surface area contributed by atoms with Gasteiger partial charge in [-0.25, -0.2) is 13.4 Å². The van der Waals surface area contributed by atoms with E-state index in [2.05, 4.69) is 24.9 Å². The van der Waals surface area contributed by atoms with Crippen molar-refractivity contribution in [1.29, 1.82) is 0 Å². The Morgan fingerprint density at radius 2 is 1.70 bits per heavy atom. The van der Waals surface area contributed by atoms with Gasteiger partial charge in [-0.05, 0) is 74.2 Å². The SMILES string of the molecule is Cc1cc(Nc2ccc(NS(=O)(=O)c3ccc4c(c3)CCO4)cc2)nc(N2CCCCC2)n1. The van der Waals surface area contributed by atoms with Gasteiger partial charge in [-0.15, -0.1) is 0 Å². The van der Waals surface area contributed by atoms with Crippen LogP contribution in [0.1, 0.15) is 30.5 Å². The maximum absolute atomic E-state index is 12.8. The van der Waals surface area contributed by atoms with Gasteiger partial charge < -0.3 is 15.0 Å². The van der Waals surface area contributed by atoms with Crippen molar-refractivity contribution in [2.45, 2.75) is 37.5 Å². The van der Waals surface area contributed by atoms with E-state index in [1.807, 2.05) is 25.1 Å².